The minimum Gasteiger partial charge on any atom is -0.276 e. The maximum atomic E-state index is 5.32. The van der Waals surface area contributed by atoms with Crippen LogP contribution in [0.25, 0.3) is 70.1 Å². The number of thiophene rings is 1. The first-order chi connectivity index (χ1) is 18.3. The van der Waals surface area contributed by atoms with Crippen molar-refractivity contribution in [1.29, 1.82) is 0 Å². The van der Waals surface area contributed by atoms with Crippen LogP contribution in [-0.4, -0.2) is 14.5 Å². The zero-order valence-corrected chi connectivity index (χ0v) is 21.1. The zero-order valence-electron chi connectivity index (χ0n) is 19.5. The van der Waals surface area contributed by atoms with Gasteiger partial charge in [0.15, 0.2) is 0 Å². The fourth-order valence-corrected chi connectivity index (χ4v) is 8.18. The maximum Gasteiger partial charge on any atom is 0.235 e. The van der Waals surface area contributed by atoms with Crippen LogP contribution >= 0.6 is 23.1 Å². The molecule has 0 aliphatic carbocycles. The van der Waals surface area contributed by atoms with E-state index in [0.717, 1.165) is 28.1 Å². The van der Waals surface area contributed by atoms with Gasteiger partial charge in [-0.05, 0) is 30.3 Å². The average Bonchev–Trinajstić information content (AvgIpc) is 3.49. The van der Waals surface area contributed by atoms with Crippen LogP contribution in [0.2, 0.25) is 0 Å². The highest BCUT2D eigenvalue weighted by molar-refractivity contribution is 7.99. The summed E-state index contributed by atoms with van der Waals surface area (Å²) < 4.78 is 4.86. The molecular formula is C32H17N3S2. The van der Waals surface area contributed by atoms with Crippen LogP contribution in [0.3, 0.4) is 0 Å². The predicted molar refractivity (Wildman–Crippen MR) is 156 cm³/mol. The van der Waals surface area contributed by atoms with Gasteiger partial charge in [-0.15, -0.1) is 11.3 Å². The van der Waals surface area contributed by atoms with Gasteiger partial charge in [-0.3, -0.25) is 4.57 Å². The number of aromatic nitrogens is 3. The van der Waals surface area contributed by atoms with Gasteiger partial charge >= 0.3 is 0 Å². The highest BCUT2D eigenvalue weighted by Crippen LogP contribution is 2.47. The molecule has 0 spiro atoms. The molecule has 8 aromatic rings. The van der Waals surface area contributed by atoms with Crippen LogP contribution in [0.1, 0.15) is 0 Å². The molecule has 0 saturated heterocycles. The van der Waals surface area contributed by atoms with Crippen molar-refractivity contribution in [3.8, 4) is 17.2 Å². The van der Waals surface area contributed by atoms with E-state index in [1.54, 1.807) is 11.8 Å². The summed E-state index contributed by atoms with van der Waals surface area (Å²) in [4.78, 5) is 13.0. The first-order valence-corrected chi connectivity index (χ1v) is 13.9. The van der Waals surface area contributed by atoms with Crippen molar-refractivity contribution >= 4 is 76.0 Å². The number of hydrogen-bond acceptors (Lipinski definition) is 4. The Bertz CT molecular complexity index is 2240. The van der Waals surface area contributed by atoms with Gasteiger partial charge in [0.1, 0.15) is 0 Å². The van der Waals surface area contributed by atoms with Crippen LogP contribution in [0.15, 0.2) is 113 Å². The Morgan fingerprint density at radius 3 is 2.35 bits per heavy atom. The lowest BCUT2D eigenvalue weighted by Crippen LogP contribution is -2.05. The fraction of sp³-hybridized carbons (Fsp3) is 0. The number of fused-ring (bicyclic) bond motifs is 9. The molecule has 0 atom stereocenters. The maximum absolute atomic E-state index is 5.32. The SMILES string of the molecule is c1ccc2c(c1)Sc1cccc3nc(-n4c5ccccc5c5ccc6c7ccccc7sc6c54)nc-2c13. The van der Waals surface area contributed by atoms with Crippen molar-refractivity contribution in [1.82, 2.24) is 14.5 Å². The van der Waals surface area contributed by atoms with Crippen molar-refractivity contribution in [2.45, 2.75) is 9.79 Å². The fourth-order valence-electron chi connectivity index (χ4n) is 5.83. The molecule has 9 rings (SSSR count). The van der Waals surface area contributed by atoms with Gasteiger partial charge in [0.05, 0.1) is 26.9 Å². The first-order valence-electron chi connectivity index (χ1n) is 12.3. The lowest BCUT2D eigenvalue weighted by atomic mass is 10.1. The quantitative estimate of drug-likeness (QED) is 0.222. The molecule has 0 unspecified atom stereocenters. The summed E-state index contributed by atoms with van der Waals surface area (Å²) in [6.07, 6.45) is 0. The molecule has 0 bridgehead atoms. The molecule has 1 aliphatic heterocycles. The summed E-state index contributed by atoms with van der Waals surface area (Å²) in [6.45, 7) is 0. The summed E-state index contributed by atoms with van der Waals surface area (Å²) in [6, 6.07) is 36.8. The highest BCUT2D eigenvalue weighted by Gasteiger charge is 2.24. The van der Waals surface area contributed by atoms with Crippen molar-refractivity contribution in [2.75, 3.05) is 0 Å². The Hall–Kier alpha value is -4.19. The predicted octanol–water partition coefficient (Wildman–Crippen LogP) is 9.23. The molecule has 0 amide bonds. The average molecular weight is 508 g/mol. The minimum atomic E-state index is 0.720. The third-order valence-electron chi connectivity index (χ3n) is 7.41. The van der Waals surface area contributed by atoms with Gasteiger partial charge < -0.3 is 0 Å². The molecule has 0 radical (unpaired) electrons. The lowest BCUT2D eigenvalue weighted by molar-refractivity contribution is 1.01. The van der Waals surface area contributed by atoms with E-state index < -0.39 is 0 Å². The molecule has 5 aromatic carbocycles. The number of rotatable bonds is 1. The van der Waals surface area contributed by atoms with E-state index in [0.29, 0.717) is 0 Å². The van der Waals surface area contributed by atoms with Gasteiger partial charge in [0.25, 0.3) is 0 Å². The number of para-hydroxylation sites is 1. The molecule has 0 fully saturated rings. The molecule has 3 nitrogen and oxygen atoms in total. The monoisotopic (exact) mass is 507 g/mol. The zero-order chi connectivity index (χ0) is 24.1. The van der Waals surface area contributed by atoms with Crippen molar-refractivity contribution in [3.63, 3.8) is 0 Å². The summed E-state index contributed by atoms with van der Waals surface area (Å²) >= 11 is 3.65. The Balaban J connectivity index is 1.48. The van der Waals surface area contributed by atoms with Gasteiger partial charge in [-0.1, -0.05) is 84.6 Å². The minimum absolute atomic E-state index is 0.720. The van der Waals surface area contributed by atoms with Crippen LogP contribution in [-0.2, 0) is 0 Å². The molecule has 37 heavy (non-hydrogen) atoms. The number of benzene rings is 5. The third kappa shape index (κ3) is 2.62. The molecule has 0 N–H and O–H groups in total. The van der Waals surface area contributed by atoms with Gasteiger partial charge in [0.2, 0.25) is 5.95 Å². The standard InChI is InChI=1S/C32H17N3S2/c1-4-12-24-18(8-1)20-16-17-21-19-9-2-5-13-25(19)37-31(21)30(20)35(24)32-33-23-11-7-15-27-28(23)29(34-32)22-10-3-6-14-26(22)36-27/h1-17H. The summed E-state index contributed by atoms with van der Waals surface area (Å²) in [7, 11) is 0. The summed E-state index contributed by atoms with van der Waals surface area (Å²) in [5.41, 5.74) is 5.48. The van der Waals surface area contributed by atoms with Crippen LogP contribution in [0.4, 0.5) is 0 Å². The Kier molecular flexibility index (Phi) is 3.87. The van der Waals surface area contributed by atoms with E-state index in [1.807, 2.05) is 11.3 Å². The van der Waals surface area contributed by atoms with Gasteiger partial charge in [0, 0.05) is 47.0 Å². The van der Waals surface area contributed by atoms with E-state index >= 15 is 0 Å². The van der Waals surface area contributed by atoms with E-state index in [4.69, 9.17) is 9.97 Å². The smallest absolute Gasteiger partial charge is 0.235 e. The van der Waals surface area contributed by atoms with E-state index in [-0.39, 0.29) is 0 Å². The van der Waals surface area contributed by atoms with Gasteiger partial charge in [-0.2, -0.15) is 0 Å². The Morgan fingerprint density at radius 1 is 0.595 bits per heavy atom. The lowest BCUT2D eigenvalue weighted by Gasteiger charge is -2.20. The van der Waals surface area contributed by atoms with E-state index in [2.05, 4.69) is 108 Å². The van der Waals surface area contributed by atoms with E-state index in [9.17, 15) is 0 Å². The second kappa shape index (κ2) is 7.19. The van der Waals surface area contributed by atoms with Crippen LogP contribution in [0, 0.1) is 0 Å². The molecule has 4 heterocycles. The first kappa shape index (κ1) is 19.9. The largest absolute Gasteiger partial charge is 0.276 e. The topological polar surface area (TPSA) is 30.7 Å². The van der Waals surface area contributed by atoms with Crippen molar-refractivity contribution in [2.24, 2.45) is 0 Å². The molecule has 3 aromatic heterocycles. The summed E-state index contributed by atoms with van der Waals surface area (Å²) in [5, 5.41) is 6.17. The van der Waals surface area contributed by atoms with Crippen molar-refractivity contribution in [3.05, 3.63) is 103 Å². The van der Waals surface area contributed by atoms with Gasteiger partial charge in [-0.25, -0.2) is 9.97 Å². The van der Waals surface area contributed by atoms with Crippen LogP contribution < -0.4 is 0 Å². The number of nitrogens with zero attached hydrogens (tertiary/aromatic N) is 3. The normalized spacial score (nSPS) is 12.8. The van der Waals surface area contributed by atoms with Crippen molar-refractivity contribution < 1.29 is 0 Å². The number of hydrogen-bond donors (Lipinski definition) is 0. The third-order valence-corrected chi connectivity index (χ3v) is 9.74. The molecule has 0 saturated carbocycles. The van der Waals surface area contributed by atoms with E-state index in [1.165, 1.54) is 51.8 Å². The highest BCUT2D eigenvalue weighted by atomic mass is 32.2. The Labute approximate surface area is 220 Å². The molecule has 172 valence electrons. The summed E-state index contributed by atoms with van der Waals surface area (Å²) in [5.74, 6) is 0.720. The molecular weight excluding hydrogens is 491 g/mol. The second-order valence-corrected chi connectivity index (χ2v) is 11.5. The molecule has 1 aliphatic rings. The second-order valence-electron chi connectivity index (χ2n) is 9.41. The molecule has 5 heteroatoms. The Morgan fingerprint density at radius 2 is 1.38 bits per heavy atom. The van der Waals surface area contributed by atoms with Crippen LogP contribution in [0.5, 0.6) is 0 Å².